The highest BCUT2D eigenvalue weighted by atomic mass is 16.5. The van der Waals surface area contributed by atoms with Crippen LogP contribution in [0.4, 0.5) is 0 Å². The van der Waals surface area contributed by atoms with Gasteiger partial charge in [-0.3, -0.25) is 9.59 Å². The number of hydrogen-bond acceptors (Lipinski definition) is 5. The molecule has 1 fully saturated rings. The van der Waals surface area contributed by atoms with Crippen LogP contribution in [-0.2, 0) is 27.4 Å². The second kappa shape index (κ2) is 9.23. The average molecular weight is 384 g/mol. The van der Waals surface area contributed by atoms with Crippen molar-refractivity contribution >= 4 is 11.8 Å². The van der Waals surface area contributed by atoms with Crippen molar-refractivity contribution in [3.8, 4) is 11.5 Å². The van der Waals surface area contributed by atoms with Gasteiger partial charge >= 0.3 is 0 Å². The topological polar surface area (TPSA) is 77.1 Å². The normalized spacial score (nSPS) is 16.6. The van der Waals surface area contributed by atoms with E-state index in [2.05, 4.69) is 5.32 Å². The Labute approximate surface area is 164 Å². The number of benzene rings is 2. The van der Waals surface area contributed by atoms with Crippen LogP contribution in [0.5, 0.6) is 11.5 Å². The van der Waals surface area contributed by atoms with Crippen molar-refractivity contribution in [1.29, 1.82) is 0 Å². The van der Waals surface area contributed by atoms with E-state index in [1.165, 1.54) is 0 Å². The fourth-order valence-corrected chi connectivity index (χ4v) is 3.08. The Morgan fingerprint density at radius 3 is 2.43 bits per heavy atom. The zero-order chi connectivity index (χ0) is 19.9. The molecular weight excluding hydrogens is 360 g/mol. The van der Waals surface area contributed by atoms with Crippen LogP contribution in [-0.4, -0.2) is 50.2 Å². The van der Waals surface area contributed by atoms with Crippen LogP contribution >= 0.6 is 0 Å². The fraction of sp³-hybridized carbons (Fsp3) is 0.333. The molecule has 2 amide bonds. The van der Waals surface area contributed by atoms with Crippen molar-refractivity contribution in [3.63, 3.8) is 0 Å². The van der Waals surface area contributed by atoms with Gasteiger partial charge in [0.15, 0.2) is 0 Å². The van der Waals surface area contributed by atoms with Gasteiger partial charge in [0.1, 0.15) is 24.1 Å². The van der Waals surface area contributed by atoms with E-state index in [-0.39, 0.29) is 31.6 Å². The molecule has 0 aromatic heterocycles. The predicted octanol–water partition coefficient (Wildman–Crippen LogP) is 1.75. The van der Waals surface area contributed by atoms with E-state index in [9.17, 15) is 9.59 Å². The number of carbonyl (C=O) groups excluding carboxylic acids is 2. The van der Waals surface area contributed by atoms with Crippen molar-refractivity contribution < 1.29 is 23.8 Å². The molecule has 28 heavy (non-hydrogen) atoms. The molecule has 148 valence electrons. The summed E-state index contributed by atoms with van der Waals surface area (Å²) < 4.78 is 15.8. The van der Waals surface area contributed by atoms with E-state index in [0.717, 1.165) is 11.1 Å². The Kier molecular flexibility index (Phi) is 6.49. The molecular formula is C21H24N2O5. The van der Waals surface area contributed by atoms with Gasteiger partial charge in [-0.25, -0.2) is 0 Å². The summed E-state index contributed by atoms with van der Waals surface area (Å²) in [7, 11) is 3.15. The summed E-state index contributed by atoms with van der Waals surface area (Å²) in [5, 5.41) is 2.88. The molecule has 1 N–H and O–H groups in total. The zero-order valence-electron chi connectivity index (χ0n) is 16.0. The number of amides is 2. The van der Waals surface area contributed by atoms with Crippen molar-refractivity contribution in [2.24, 2.45) is 0 Å². The molecule has 1 heterocycles. The van der Waals surface area contributed by atoms with Gasteiger partial charge in [0.2, 0.25) is 11.8 Å². The second-order valence-corrected chi connectivity index (χ2v) is 6.48. The van der Waals surface area contributed by atoms with Crippen molar-refractivity contribution in [1.82, 2.24) is 10.2 Å². The molecule has 3 rings (SSSR count). The van der Waals surface area contributed by atoms with Gasteiger partial charge in [0.05, 0.1) is 20.8 Å². The van der Waals surface area contributed by atoms with E-state index in [0.29, 0.717) is 18.0 Å². The number of hydrogen-bond donors (Lipinski definition) is 1. The van der Waals surface area contributed by atoms with Crippen molar-refractivity contribution in [2.45, 2.75) is 19.1 Å². The number of carbonyl (C=O) groups is 2. The number of morpholine rings is 1. The molecule has 7 nitrogen and oxygen atoms in total. The number of ether oxygens (including phenoxy) is 3. The molecule has 2 aromatic carbocycles. The number of nitrogens with zero attached hydrogens (tertiary/aromatic N) is 1. The monoisotopic (exact) mass is 384 g/mol. The van der Waals surface area contributed by atoms with Crippen LogP contribution < -0.4 is 14.8 Å². The van der Waals surface area contributed by atoms with Gasteiger partial charge in [-0.15, -0.1) is 0 Å². The molecule has 0 unspecified atom stereocenters. The van der Waals surface area contributed by atoms with Crippen LogP contribution in [0.15, 0.2) is 48.5 Å². The predicted molar refractivity (Wildman–Crippen MR) is 103 cm³/mol. The smallest absolute Gasteiger partial charge is 0.249 e. The largest absolute Gasteiger partial charge is 0.497 e. The first-order valence-corrected chi connectivity index (χ1v) is 9.01. The number of nitrogens with one attached hydrogen (secondary N) is 1. The lowest BCUT2D eigenvalue weighted by Crippen LogP contribution is -2.55. The minimum absolute atomic E-state index is 0.0102. The first kappa shape index (κ1) is 19.7. The van der Waals surface area contributed by atoms with Crippen LogP contribution in [0, 0.1) is 0 Å². The third-order valence-electron chi connectivity index (χ3n) is 4.57. The van der Waals surface area contributed by atoms with Gasteiger partial charge in [-0.1, -0.05) is 30.3 Å². The summed E-state index contributed by atoms with van der Waals surface area (Å²) in [5.74, 6) is 0.833. The van der Waals surface area contributed by atoms with Gasteiger partial charge in [-0.2, -0.15) is 0 Å². The standard InChI is InChI=1S/C21H24N2O5/c1-26-17-8-16(9-18(10-17)27-2)11-22-21(25)19-13-28-14-20(24)23(19)12-15-6-4-3-5-7-15/h3-10,19H,11-14H2,1-2H3,(H,22,25)/t19-/m0/s1. The summed E-state index contributed by atoms with van der Waals surface area (Å²) in [6.45, 7) is 0.819. The molecule has 1 saturated heterocycles. The second-order valence-electron chi connectivity index (χ2n) is 6.48. The van der Waals surface area contributed by atoms with Crippen LogP contribution in [0.25, 0.3) is 0 Å². The minimum Gasteiger partial charge on any atom is -0.497 e. The van der Waals surface area contributed by atoms with Gasteiger partial charge in [0.25, 0.3) is 0 Å². The van der Waals surface area contributed by atoms with Crippen LogP contribution in [0.2, 0.25) is 0 Å². The summed E-state index contributed by atoms with van der Waals surface area (Å²) in [5.41, 5.74) is 1.80. The summed E-state index contributed by atoms with van der Waals surface area (Å²) in [4.78, 5) is 26.7. The first-order valence-electron chi connectivity index (χ1n) is 9.01. The maximum absolute atomic E-state index is 12.8. The molecule has 7 heteroatoms. The molecule has 0 bridgehead atoms. The zero-order valence-corrected chi connectivity index (χ0v) is 16.0. The van der Waals surface area contributed by atoms with Crippen molar-refractivity contribution in [2.75, 3.05) is 27.4 Å². The van der Waals surface area contributed by atoms with Crippen molar-refractivity contribution in [3.05, 3.63) is 59.7 Å². The highest BCUT2D eigenvalue weighted by Gasteiger charge is 2.33. The third-order valence-corrected chi connectivity index (χ3v) is 4.57. The summed E-state index contributed by atoms with van der Waals surface area (Å²) >= 11 is 0. The quantitative estimate of drug-likeness (QED) is 0.787. The molecule has 1 atom stereocenters. The average Bonchev–Trinajstić information content (AvgIpc) is 2.73. The summed E-state index contributed by atoms with van der Waals surface area (Å²) in [6.07, 6.45) is 0. The Bertz CT molecular complexity index is 803. The Hall–Kier alpha value is -3.06. The highest BCUT2D eigenvalue weighted by molar-refractivity contribution is 5.89. The van der Waals surface area contributed by atoms with E-state index in [1.54, 1.807) is 25.2 Å². The molecule has 2 aromatic rings. The van der Waals surface area contributed by atoms with E-state index < -0.39 is 6.04 Å². The van der Waals surface area contributed by atoms with Gasteiger partial charge in [-0.05, 0) is 23.3 Å². The van der Waals surface area contributed by atoms with Crippen LogP contribution in [0.3, 0.4) is 0 Å². The van der Waals surface area contributed by atoms with E-state index in [4.69, 9.17) is 14.2 Å². The van der Waals surface area contributed by atoms with E-state index in [1.807, 2.05) is 42.5 Å². The first-order chi connectivity index (χ1) is 13.6. The minimum atomic E-state index is -0.672. The maximum atomic E-state index is 12.8. The molecule has 1 aliphatic heterocycles. The molecule has 1 aliphatic rings. The maximum Gasteiger partial charge on any atom is 0.249 e. The number of methoxy groups -OCH3 is 2. The lowest BCUT2D eigenvalue weighted by atomic mass is 10.1. The number of rotatable bonds is 7. The van der Waals surface area contributed by atoms with Crippen LogP contribution in [0.1, 0.15) is 11.1 Å². The lowest BCUT2D eigenvalue weighted by Gasteiger charge is -2.34. The highest BCUT2D eigenvalue weighted by Crippen LogP contribution is 2.22. The Balaban J connectivity index is 1.68. The SMILES string of the molecule is COc1cc(CNC(=O)[C@@H]2COCC(=O)N2Cc2ccccc2)cc(OC)c1. The molecule has 0 spiro atoms. The van der Waals surface area contributed by atoms with Gasteiger partial charge in [0, 0.05) is 19.2 Å². The Morgan fingerprint density at radius 2 is 1.79 bits per heavy atom. The third kappa shape index (κ3) is 4.80. The Morgan fingerprint density at radius 1 is 1.11 bits per heavy atom. The molecule has 0 saturated carbocycles. The fourth-order valence-electron chi connectivity index (χ4n) is 3.08. The van der Waals surface area contributed by atoms with E-state index >= 15 is 0 Å². The lowest BCUT2D eigenvalue weighted by molar-refractivity contribution is -0.155. The molecule has 0 aliphatic carbocycles. The van der Waals surface area contributed by atoms with Gasteiger partial charge < -0.3 is 24.4 Å². The summed E-state index contributed by atoms with van der Waals surface area (Å²) in [6, 6.07) is 14.3. The molecule has 0 radical (unpaired) electrons.